The number of ether oxygens (including phenoxy) is 1. The lowest BCUT2D eigenvalue weighted by Gasteiger charge is -2.12. The Morgan fingerprint density at radius 2 is 1.80 bits per heavy atom. The fraction of sp³-hybridized carbons (Fsp3) is 0.188. The molecule has 134 valence electrons. The molecule has 0 aliphatic rings. The van der Waals surface area contributed by atoms with Crippen LogP contribution < -0.4 is 4.72 Å². The highest BCUT2D eigenvalue weighted by Gasteiger charge is 2.18. The van der Waals surface area contributed by atoms with Crippen molar-refractivity contribution < 1.29 is 26.7 Å². The van der Waals surface area contributed by atoms with Crippen molar-refractivity contribution in [2.24, 2.45) is 0 Å². The Kier molecular flexibility index (Phi) is 6.38. The molecule has 0 fully saturated rings. The summed E-state index contributed by atoms with van der Waals surface area (Å²) in [7, 11) is -3.99. The summed E-state index contributed by atoms with van der Waals surface area (Å²) in [5.74, 6) is -3.23. The Morgan fingerprint density at radius 1 is 1.16 bits per heavy atom. The molecule has 0 spiro atoms. The highest BCUT2D eigenvalue weighted by atomic mass is 32.2. The Hall–Kier alpha value is -2.13. The molecule has 0 radical (unpaired) electrons. The molecule has 0 aromatic heterocycles. The molecule has 0 heterocycles. The maximum Gasteiger partial charge on any atom is 0.338 e. The summed E-state index contributed by atoms with van der Waals surface area (Å²) in [4.78, 5) is 11.6. The van der Waals surface area contributed by atoms with Gasteiger partial charge >= 0.3 is 5.97 Å². The Bertz CT molecular complexity index is 839. The summed E-state index contributed by atoms with van der Waals surface area (Å²) in [5, 5.41) is 0. The summed E-state index contributed by atoms with van der Waals surface area (Å²) < 4.78 is 57.1. The molecule has 2 rings (SSSR count). The molecule has 0 aliphatic heterocycles. The van der Waals surface area contributed by atoms with Gasteiger partial charge in [0.05, 0.1) is 22.8 Å². The van der Waals surface area contributed by atoms with E-state index in [0.717, 1.165) is 0 Å². The third-order valence-electron chi connectivity index (χ3n) is 3.02. The molecule has 0 unspecified atom stereocenters. The zero-order valence-electron chi connectivity index (χ0n) is 13.1. The van der Waals surface area contributed by atoms with E-state index in [-0.39, 0.29) is 39.4 Å². The van der Waals surface area contributed by atoms with Crippen LogP contribution in [0.25, 0.3) is 0 Å². The standard InChI is InChI=1S/C16H15F2NO4S2/c1-2-23-15(20)11-7-9-12(10-8-11)25(21,22)19-13-5-3-4-6-14(13)24-16(17)18/h3-10,16,19H,2H2,1H3. The number of thioether (sulfide) groups is 1. The molecule has 2 aromatic carbocycles. The van der Waals surface area contributed by atoms with E-state index in [1.807, 2.05) is 0 Å². The van der Waals surface area contributed by atoms with Gasteiger partial charge in [-0.1, -0.05) is 23.9 Å². The topological polar surface area (TPSA) is 72.5 Å². The van der Waals surface area contributed by atoms with E-state index in [1.165, 1.54) is 48.5 Å². The van der Waals surface area contributed by atoms with E-state index in [9.17, 15) is 22.0 Å². The minimum absolute atomic E-state index is 0.0577. The van der Waals surface area contributed by atoms with Crippen molar-refractivity contribution in [3.63, 3.8) is 0 Å². The third kappa shape index (κ3) is 5.17. The Labute approximate surface area is 148 Å². The van der Waals surface area contributed by atoms with Crippen LogP contribution in [0.4, 0.5) is 14.5 Å². The normalized spacial score (nSPS) is 11.4. The number of sulfonamides is 1. The number of para-hydroxylation sites is 1. The van der Waals surface area contributed by atoms with Gasteiger partial charge < -0.3 is 4.74 Å². The second-order valence-electron chi connectivity index (χ2n) is 4.73. The number of alkyl halides is 2. The number of halogens is 2. The monoisotopic (exact) mass is 387 g/mol. The van der Waals surface area contributed by atoms with E-state index in [2.05, 4.69) is 4.72 Å². The van der Waals surface area contributed by atoms with Gasteiger partial charge in [-0.25, -0.2) is 13.2 Å². The number of rotatable bonds is 7. The average molecular weight is 387 g/mol. The molecule has 5 nitrogen and oxygen atoms in total. The number of nitrogens with one attached hydrogen (secondary N) is 1. The number of hydrogen-bond acceptors (Lipinski definition) is 5. The lowest BCUT2D eigenvalue weighted by molar-refractivity contribution is 0.0526. The lowest BCUT2D eigenvalue weighted by atomic mass is 10.2. The zero-order valence-corrected chi connectivity index (χ0v) is 14.7. The third-order valence-corrected chi connectivity index (χ3v) is 5.19. The van der Waals surface area contributed by atoms with Crippen molar-refractivity contribution in [3.8, 4) is 0 Å². The van der Waals surface area contributed by atoms with Gasteiger partial charge in [0, 0.05) is 4.90 Å². The Morgan fingerprint density at radius 3 is 2.40 bits per heavy atom. The molecule has 0 bridgehead atoms. The van der Waals surface area contributed by atoms with Crippen LogP contribution in [0.5, 0.6) is 0 Å². The molecule has 0 aliphatic carbocycles. The summed E-state index contributed by atoms with van der Waals surface area (Å²) in [6, 6.07) is 11.0. The first-order chi connectivity index (χ1) is 11.8. The highest BCUT2D eigenvalue weighted by molar-refractivity contribution is 7.99. The van der Waals surface area contributed by atoms with Crippen molar-refractivity contribution in [2.45, 2.75) is 22.5 Å². The lowest BCUT2D eigenvalue weighted by Crippen LogP contribution is -2.14. The summed E-state index contributed by atoms with van der Waals surface area (Å²) >= 11 is 0.251. The van der Waals surface area contributed by atoms with Gasteiger partial charge in [0.15, 0.2) is 0 Å². The minimum Gasteiger partial charge on any atom is -0.462 e. The summed E-state index contributed by atoms with van der Waals surface area (Å²) in [6.07, 6.45) is 0. The van der Waals surface area contributed by atoms with Crippen LogP contribution in [0.3, 0.4) is 0 Å². The van der Waals surface area contributed by atoms with Gasteiger partial charge in [0.25, 0.3) is 15.8 Å². The molecule has 0 saturated carbocycles. The largest absolute Gasteiger partial charge is 0.462 e. The Balaban J connectivity index is 2.24. The van der Waals surface area contributed by atoms with Gasteiger partial charge in [-0.2, -0.15) is 8.78 Å². The van der Waals surface area contributed by atoms with Crippen LogP contribution in [0, 0.1) is 0 Å². The molecular formula is C16H15F2NO4S2. The number of benzene rings is 2. The van der Waals surface area contributed by atoms with Gasteiger partial charge in [-0.05, 0) is 43.3 Å². The zero-order chi connectivity index (χ0) is 18.4. The van der Waals surface area contributed by atoms with E-state index < -0.39 is 21.8 Å². The van der Waals surface area contributed by atoms with Crippen molar-refractivity contribution in [2.75, 3.05) is 11.3 Å². The maximum absolute atomic E-state index is 12.6. The van der Waals surface area contributed by atoms with Crippen LogP contribution in [0.1, 0.15) is 17.3 Å². The first-order valence-electron chi connectivity index (χ1n) is 7.17. The van der Waals surface area contributed by atoms with Crippen molar-refractivity contribution in [1.82, 2.24) is 0 Å². The number of anilines is 1. The molecule has 0 atom stereocenters. The van der Waals surface area contributed by atoms with E-state index in [0.29, 0.717) is 0 Å². The van der Waals surface area contributed by atoms with Crippen LogP contribution in [0.2, 0.25) is 0 Å². The van der Waals surface area contributed by atoms with Gasteiger partial charge in [-0.15, -0.1) is 0 Å². The number of carbonyl (C=O) groups is 1. The molecule has 1 N–H and O–H groups in total. The van der Waals surface area contributed by atoms with Gasteiger partial charge in [-0.3, -0.25) is 4.72 Å². The summed E-state index contributed by atoms with van der Waals surface area (Å²) in [6.45, 7) is 1.87. The first-order valence-corrected chi connectivity index (χ1v) is 9.53. The van der Waals surface area contributed by atoms with Crippen LogP contribution in [-0.4, -0.2) is 26.8 Å². The van der Waals surface area contributed by atoms with Crippen molar-refractivity contribution >= 4 is 33.4 Å². The van der Waals surface area contributed by atoms with Gasteiger partial charge in [0.1, 0.15) is 0 Å². The molecular weight excluding hydrogens is 372 g/mol. The molecule has 0 saturated heterocycles. The van der Waals surface area contributed by atoms with Crippen LogP contribution in [-0.2, 0) is 14.8 Å². The van der Waals surface area contributed by atoms with Crippen molar-refractivity contribution in [1.29, 1.82) is 0 Å². The average Bonchev–Trinajstić information content (AvgIpc) is 2.56. The molecule has 9 heteroatoms. The predicted octanol–water partition coefficient (Wildman–Crippen LogP) is 3.98. The molecule has 0 amide bonds. The fourth-order valence-electron chi connectivity index (χ4n) is 1.94. The quantitative estimate of drug-likeness (QED) is 0.575. The summed E-state index contributed by atoms with van der Waals surface area (Å²) in [5.41, 5.74) is 0.275. The SMILES string of the molecule is CCOC(=O)c1ccc(S(=O)(=O)Nc2ccccc2SC(F)F)cc1. The van der Waals surface area contributed by atoms with E-state index in [4.69, 9.17) is 4.74 Å². The number of hydrogen-bond donors (Lipinski definition) is 1. The molecule has 2 aromatic rings. The minimum atomic E-state index is -3.99. The second kappa shape index (κ2) is 8.30. The second-order valence-corrected chi connectivity index (χ2v) is 7.44. The van der Waals surface area contributed by atoms with E-state index >= 15 is 0 Å². The number of esters is 1. The van der Waals surface area contributed by atoms with E-state index in [1.54, 1.807) is 6.92 Å². The smallest absolute Gasteiger partial charge is 0.338 e. The van der Waals surface area contributed by atoms with Gasteiger partial charge in [0.2, 0.25) is 0 Å². The number of carbonyl (C=O) groups excluding carboxylic acids is 1. The van der Waals surface area contributed by atoms with Crippen LogP contribution in [0.15, 0.2) is 58.3 Å². The first kappa shape index (κ1) is 19.2. The van der Waals surface area contributed by atoms with Crippen molar-refractivity contribution in [3.05, 3.63) is 54.1 Å². The predicted molar refractivity (Wildman–Crippen MR) is 91.5 cm³/mol. The fourth-order valence-corrected chi connectivity index (χ4v) is 3.68. The van der Waals surface area contributed by atoms with Crippen LogP contribution >= 0.6 is 11.8 Å². The maximum atomic E-state index is 12.6. The molecule has 25 heavy (non-hydrogen) atoms. The highest BCUT2D eigenvalue weighted by Crippen LogP contribution is 2.32.